The number of anilines is 1. The number of rotatable bonds is 8. The first-order valence-electron chi connectivity index (χ1n) is 7.30. The lowest BCUT2D eigenvalue weighted by atomic mass is 10.3. The third kappa shape index (κ3) is 6.74. The van der Waals surface area contributed by atoms with Crippen molar-refractivity contribution in [1.82, 2.24) is 15.6 Å². The van der Waals surface area contributed by atoms with E-state index in [1.54, 1.807) is 12.3 Å². The van der Waals surface area contributed by atoms with E-state index in [-0.39, 0.29) is 24.3 Å². The van der Waals surface area contributed by atoms with Gasteiger partial charge in [0.1, 0.15) is 5.69 Å². The van der Waals surface area contributed by atoms with Crippen molar-refractivity contribution in [1.29, 1.82) is 0 Å². The lowest BCUT2D eigenvalue weighted by Gasteiger charge is -2.09. The van der Waals surface area contributed by atoms with Crippen LogP contribution in [-0.2, 0) is 4.79 Å². The van der Waals surface area contributed by atoms with Crippen molar-refractivity contribution in [2.75, 3.05) is 18.4 Å². The third-order valence-electron chi connectivity index (χ3n) is 2.66. The standard InChI is InChI=1S/C15H24N4O2/c1-4-7-16-12-5-8-17-13(10-12)15(21)18-9-6-14(20)19-11(2)3/h5,8,10-11H,4,6-7,9H2,1-3H3,(H,16,17)(H,18,21)(H,19,20). The van der Waals surface area contributed by atoms with E-state index in [2.05, 4.69) is 27.9 Å². The van der Waals surface area contributed by atoms with Crippen molar-refractivity contribution in [3.05, 3.63) is 24.0 Å². The quantitative estimate of drug-likeness (QED) is 0.679. The molecule has 6 heteroatoms. The first kappa shape index (κ1) is 16.9. The summed E-state index contributed by atoms with van der Waals surface area (Å²) in [5, 5.41) is 8.67. The fourth-order valence-electron chi connectivity index (χ4n) is 1.71. The molecule has 1 aromatic heterocycles. The molecule has 0 atom stereocenters. The number of nitrogens with zero attached hydrogens (tertiary/aromatic N) is 1. The van der Waals surface area contributed by atoms with Crippen molar-refractivity contribution >= 4 is 17.5 Å². The normalized spacial score (nSPS) is 10.3. The Morgan fingerprint density at radius 3 is 2.71 bits per heavy atom. The van der Waals surface area contributed by atoms with E-state index < -0.39 is 0 Å². The van der Waals surface area contributed by atoms with Gasteiger partial charge in [0.25, 0.3) is 5.91 Å². The Morgan fingerprint density at radius 2 is 2.05 bits per heavy atom. The SMILES string of the molecule is CCCNc1ccnc(C(=O)NCCC(=O)NC(C)C)c1. The predicted molar refractivity (Wildman–Crippen MR) is 83.2 cm³/mol. The highest BCUT2D eigenvalue weighted by atomic mass is 16.2. The Labute approximate surface area is 125 Å². The van der Waals surface area contributed by atoms with Crippen LogP contribution in [0.25, 0.3) is 0 Å². The average molecular weight is 292 g/mol. The maximum atomic E-state index is 11.9. The summed E-state index contributed by atoms with van der Waals surface area (Å²) in [7, 11) is 0. The Hall–Kier alpha value is -2.11. The van der Waals surface area contributed by atoms with Crippen LogP contribution in [0.1, 0.15) is 44.1 Å². The van der Waals surface area contributed by atoms with Crippen molar-refractivity contribution < 1.29 is 9.59 Å². The number of carbonyl (C=O) groups excluding carboxylic acids is 2. The summed E-state index contributed by atoms with van der Waals surface area (Å²) in [5.74, 6) is -0.343. The molecule has 0 saturated carbocycles. The largest absolute Gasteiger partial charge is 0.385 e. The Balaban J connectivity index is 2.43. The highest BCUT2D eigenvalue weighted by molar-refractivity contribution is 5.93. The minimum absolute atomic E-state index is 0.0726. The summed E-state index contributed by atoms with van der Waals surface area (Å²) < 4.78 is 0. The number of aromatic nitrogens is 1. The molecule has 0 unspecified atom stereocenters. The molecule has 1 heterocycles. The van der Waals surface area contributed by atoms with Crippen molar-refractivity contribution in [3.8, 4) is 0 Å². The van der Waals surface area contributed by atoms with Crippen LogP contribution >= 0.6 is 0 Å². The zero-order valence-corrected chi connectivity index (χ0v) is 12.9. The number of hydrogen-bond donors (Lipinski definition) is 3. The molecular weight excluding hydrogens is 268 g/mol. The highest BCUT2D eigenvalue weighted by Crippen LogP contribution is 2.07. The average Bonchev–Trinajstić information content (AvgIpc) is 2.44. The van der Waals surface area contributed by atoms with Gasteiger partial charge in [-0.3, -0.25) is 14.6 Å². The first-order chi connectivity index (χ1) is 10.0. The van der Waals surface area contributed by atoms with Gasteiger partial charge in [-0.1, -0.05) is 6.92 Å². The zero-order valence-electron chi connectivity index (χ0n) is 12.9. The van der Waals surface area contributed by atoms with E-state index in [9.17, 15) is 9.59 Å². The van der Waals surface area contributed by atoms with Crippen LogP contribution in [0.5, 0.6) is 0 Å². The second kappa shape index (κ2) is 8.94. The van der Waals surface area contributed by atoms with Gasteiger partial charge in [-0.25, -0.2) is 0 Å². The molecule has 3 N–H and O–H groups in total. The smallest absolute Gasteiger partial charge is 0.269 e. The van der Waals surface area contributed by atoms with E-state index >= 15 is 0 Å². The van der Waals surface area contributed by atoms with Gasteiger partial charge in [0.05, 0.1) is 0 Å². The summed E-state index contributed by atoms with van der Waals surface area (Å²) in [6.07, 6.45) is 2.87. The van der Waals surface area contributed by atoms with Crippen LogP contribution in [-0.4, -0.2) is 35.9 Å². The molecule has 21 heavy (non-hydrogen) atoms. The highest BCUT2D eigenvalue weighted by Gasteiger charge is 2.09. The topological polar surface area (TPSA) is 83.1 Å². The molecule has 1 rings (SSSR count). The number of pyridine rings is 1. The van der Waals surface area contributed by atoms with Gasteiger partial charge in [0.2, 0.25) is 5.91 Å². The Morgan fingerprint density at radius 1 is 1.29 bits per heavy atom. The molecule has 0 spiro atoms. The van der Waals surface area contributed by atoms with Gasteiger partial charge in [0, 0.05) is 37.4 Å². The van der Waals surface area contributed by atoms with Crippen molar-refractivity contribution in [2.45, 2.75) is 39.7 Å². The van der Waals surface area contributed by atoms with Gasteiger partial charge in [-0.05, 0) is 32.4 Å². The maximum absolute atomic E-state index is 11.9. The van der Waals surface area contributed by atoms with Crippen LogP contribution in [0.4, 0.5) is 5.69 Å². The van der Waals surface area contributed by atoms with E-state index in [0.29, 0.717) is 12.2 Å². The molecule has 116 valence electrons. The maximum Gasteiger partial charge on any atom is 0.269 e. The molecule has 0 fully saturated rings. The summed E-state index contributed by atoms with van der Waals surface area (Å²) in [6.45, 7) is 7.01. The zero-order chi connectivity index (χ0) is 15.7. The molecule has 0 radical (unpaired) electrons. The number of hydrogen-bond acceptors (Lipinski definition) is 4. The summed E-state index contributed by atoms with van der Waals surface area (Å²) in [6, 6.07) is 3.64. The van der Waals surface area contributed by atoms with Crippen LogP contribution in [0.2, 0.25) is 0 Å². The van der Waals surface area contributed by atoms with Crippen LogP contribution in [0.3, 0.4) is 0 Å². The second-order valence-electron chi connectivity index (χ2n) is 5.08. The minimum Gasteiger partial charge on any atom is -0.385 e. The first-order valence-corrected chi connectivity index (χ1v) is 7.30. The fraction of sp³-hybridized carbons (Fsp3) is 0.533. The van der Waals surface area contributed by atoms with Crippen molar-refractivity contribution in [3.63, 3.8) is 0 Å². The van der Waals surface area contributed by atoms with E-state index in [1.165, 1.54) is 0 Å². The summed E-state index contributed by atoms with van der Waals surface area (Å²) in [5.41, 5.74) is 1.22. The summed E-state index contributed by atoms with van der Waals surface area (Å²) >= 11 is 0. The molecule has 0 saturated heterocycles. The van der Waals surface area contributed by atoms with Crippen molar-refractivity contribution in [2.24, 2.45) is 0 Å². The molecule has 0 aliphatic heterocycles. The lowest BCUT2D eigenvalue weighted by molar-refractivity contribution is -0.121. The van der Waals surface area contributed by atoms with Gasteiger partial charge in [-0.15, -0.1) is 0 Å². The second-order valence-corrected chi connectivity index (χ2v) is 5.08. The summed E-state index contributed by atoms with van der Waals surface area (Å²) in [4.78, 5) is 27.4. The van der Waals surface area contributed by atoms with Gasteiger partial charge in [-0.2, -0.15) is 0 Å². The number of nitrogens with one attached hydrogen (secondary N) is 3. The lowest BCUT2D eigenvalue weighted by Crippen LogP contribution is -2.34. The van der Waals surface area contributed by atoms with Gasteiger partial charge >= 0.3 is 0 Å². The molecule has 0 aliphatic carbocycles. The fourth-order valence-corrected chi connectivity index (χ4v) is 1.71. The molecule has 1 aromatic rings. The van der Waals surface area contributed by atoms with Crippen LogP contribution < -0.4 is 16.0 Å². The Bertz CT molecular complexity index is 474. The Kier molecular flexibility index (Phi) is 7.21. The molecule has 2 amide bonds. The molecular formula is C15H24N4O2. The third-order valence-corrected chi connectivity index (χ3v) is 2.66. The van der Waals surface area contributed by atoms with Crippen LogP contribution in [0.15, 0.2) is 18.3 Å². The monoisotopic (exact) mass is 292 g/mol. The van der Waals surface area contributed by atoms with Crippen LogP contribution in [0, 0.1) is 0 Å². The number of carbonyl (C=O) groups is 2. The van der Waals surface area contributed by atoms with E-state index in [0.717, 1.165) is 18.7 Å². The molecule has 0 aromatic carbocycles. The predicted octanol–water partition coefficient (Wildman–Crippen LogP) is 1.55. The van der Waals surface area contributed by atoms with E-state index in [4.69, 9.17) is 0 Å². The molecule has 0 bridgehead atoms. The van der Waals surface area contributed by atoms with Gasteiger partial charge in [0.15, 0.2) is 0 Å². The van der Waals surface area contributed by atoms with E-state index in [1.807, 2.05) is 19.9 Å². The molecule has 6 nitrogen and oxygen atoms in total. The van der Waals surface area contributed by atoms with Gasteiger partial charge < -0.3 is 16.0 Å². The minimum atomic E-state index is -0.271. The molecule has 0 aliphatic rings. The number of amides is 2.